The molecule has 0 radical (unpaired) electrons. The summed E-state index contributed by atoms with van der Waals surface area (Å²) in [4.78, 5) is 37.0. The van der Waals surface area contributed by atoms with Crippen LogP contribution in [-0.2, 0) is 32.0 Å². The monoisotopic (exact) mass is 562 g/mol. The molecule has 0 saturated carbocycles. The second kappa shape index (κ2) is 11.2. The zero-order valence-corrected chi connectivity index (χ0v) is 20.2. The van der Waals surface area contributed by atoms with Gasteiger partial charge < -0.3 is 54.4 Å². The smallest absolute Gasteiger partial charge is 0.481 e. The van der Waals surface area contributed by atoms with Gasteiger partial charge >= 0.3 is 13.5 Å². The fourth-order valence-corrected chi connectivity index (χ4v) is 5.53. The molecule has 18 nitrogen and oxygen atoms in total. The van der Waals surface area contributed by atoms with Crippen molar-refractivity contribution in [2.75, 3.05) is 13.2 Å². The Hall–Kier alpha value is -1.34. The van der Waals surface area contributed by atoms with Gasteiger partial charge in [-0.3, -0.25) is 13.7 Å². The third-order valence-electron chi connectivity index (χ3n) is 5.29. The van der Waals surface area contributed by atoms with Crippen LogP contribution in [0.25, 0.3) is 0 Å². The van der Waals surface area contributed by atoms with Crippen molar-refractivity contribution < 1.29 is 72.4 Å². The van der Waals surface area contributed by atoms with E-state index in [1.165, 1.54) is 6.92 Å². The van der Waals surface area contributed by atoms with E-state index in [2.05, 4.69) is 18.3 Å². The Bertz CT molecular complexity index is 1080. The Kier molecular flexibility index (Phi) is 9.08. The van der Waals surface area contributed by atoms with Gasteiger partial charge in [0, 0.05) is 12.6 Å². The van der Waals surface area contributed by atoms with Gasteiger partial charge in [0.15, 0.2) is 6.29 Å². The van der Waals surface area contributed by atoms with Crippen molar-refractivity contribution in [3.05, 3.63) is 22.2 Å². The highest BCUT2D eigenvalue weighted by Crippen LogP contribution is 2.59. The summed E-state index contributed by atoms with van der Waals surface area (Å²) in [5, 5.41) is 59.9. The van der Waals surface area contributed by atoms with Gasteiger partial charge in [-0.15, -0.1) is 0 Å². The maximum absolute atomic E-state index is 12.1. The minimum absolute atomic E-state index is 0.114. The largest absolute Gasteiger partial charge is 0.858 e. The molecule has 2 aliphatic heterocycles. The summed E-state index contributed by atoms with van der Waals surface area (Å²) >= 11 is 0. The number of phosphoric ester groups is 2. The number of phosphoric acid groups is 2. The number of aliphatic hydroxyl groups excluding tert-OH is 5. The molecule has 0 aromatic carbocycles. The second-order valence-corrected chi connectivity index (χ2v) is 10.9. The zero-order chi connectivity index (χ0) is 27.0. The van der Waals surface area contributed by atoms with Crippen molar-refractivity contribution in [3.63, 3.8) is 0 Å². The van der Waals surface area contributed by atoms with E-state index in [1.54, 1.807) is 0 Å². The van der Waals surface area contributed by atoms with Crippen LogP contribution in [0.15, 0.2) is 11.0 Å². The van der Waals surface area contributed by atoms with Crippen LogP contribution in [0, 0.1) is 6.92 Å². The molecule has 2 unspecified atom stereocenters. The van der Waals surface area contributed by atoms with Crippen molar-refractivity contribution >= 4 is 15.6 Å². The molecule has 0 bridgehead atoms. The predicted octanol–water partition coefficient (Wildman–Crippen LogP) is -4.31. The number of aryl methyl sites for hydroxylation is 1. The van der Waals surface area contributed by atoms with Crippen molar-refractivity contribution in [3.8, 4) is 5.88 Å². The number of hydrogen-bond donors (Lipinski definition) is 6. The molecule has 0 spiro atoms. The average molecular weight is 562 g/mol. The quantitative estimate of drug-likeness (QED) is 0.155. The van der Waals surface area contributed by atoms with Gasteiger partial charge in [-0.1, -0.05) is 0 Å². The van der Waals surface area contributed by atoms with Crippen LogP contribution in [0.2, 0.25) is 0 Å². The van der Waals surface area contributed by atoms with Gasteiger partial charge in [0.05, 0.1) is 19.3 Å². The predicted molar refractivity (Wildman–Crippen MR) is 107 cm³/mol. The molecule has 20 heteroatoms. The van der Waals surface area contributed by atoms with Crippen LogP contribution in [-0.4, -0.2) is 96.1 Å². The van der Waals surface area contributed by atoms with Crippen molar-refractivity contribution in [1.82, 2.24) is 9.55 Å². The molecule has 0 aliphatic carbocycles. The Balaban J connectivity index is 1.59. The maximum atomic E-state index is 12.1. The third-order valence-corrected chi connectivity index (χ3v) is 7.85. The van der Waals surface area contributed by atoms with E-state index in [0.29, 0.717) is 0 Å². The van der Waals surface area contributed by atoms with Crippen molar-refractivity contribution in [2.45, 2.75) is 62.5 Å². The Morgan fingerprint density at radius 2 is 1.83 bits per heavy atom. The summed E-state index contributed by atoms with van der Waals surface area (Å²) in [6.45, 7) is -0.432. The summed E-state index contributed by atoms with van der Waals surface area (Å²) in [6.07, 6.45) is -12.5. The molecule has 1 aromatic heterocycles. The van der Waals surface area contributed by atoms with Gasteiger partial charge in [-0.2, -0.15) is 0 Å². The highest BCUT2D eigenvalue weighted by atomic mass is 31.3. The molecule has 2 fully saturated rings. The van der Waals surface area contributed by atoms with E-state index in [-0.39, 0.29) is 12.0 Å². The molecular weight excluding hydrogens is 538 g/mol. The van der Waals surface area contributed by atoms with Crippen LogP contribution in [0.3, 0.4) is 0 Å². The number of ether oxygens (including phenoxy) is 2. The van der Waals surface area contributed by atoms with Crippen LogP contribution in [0.1, 0.15) is 18.2 Å². The Labute approximate surface area is 202 Å². The lowest BCUT2D eigenvalue weighted by atomic mass is 10.00. The van der Waals surface area contributed by atoms with E-state index in [9.17, 15) is 49.2 Å². The summed E-state index contributed by atoms with van der Waals surface area (Å²) in [6, 6.07) is 0. The van der Waals surface area contributed by atoms with E-state index >= 15 is 0 Å². The number of aliphatic hydroxyl groups is 5. The summed E-state index contributed by atoms with van der Waals surface area (Å²) in [5.41, 5.74) is -0.850. The van der Waals surface area contributed by atoms with Gasteiger partial charge in [-0.25, -0.2) is 18.7 Å². The lowest BCUT2D eigenvalue weighted by Crippen LogP contribution is -2.58. The number of rotatable bonds is 9. The SMILES string of the molecule is Cc1cn([C@H]2C[C@H](O)[C@@H](COP(=O)([O-])OP(=O)(O)O[C@H]3O[C@H](CO)[C@@H](O)[C@H](O)[C@H]3O)O2)c(=O)nc1[O-]. The molecule has 206 valence electrons. The molecule has 1 aromatic rings. The van der Waals surface area contributed by atoms with Gasteiger partial charge in [-0.05, 0) is 18.4 Å². The lowest BCUT2D eigenvalue weighted by molar-refractivity contribution is -0.281. The fourth-order valence-electron chi connectivity index (χ4n) is 3.41. The van der Waals surface area contributed by atoms with Crippen molar-refractivity contribution in [1.29, 1.82) is 0 Å². The van der Waals surface area contributed by atoms with E-state index < -0.39 is 89.6 Å². The topological polar surface area (TPSA) is 283 Å². The first-order chi connectivity index (χ1) is 16.6. The molecule has 36 heavy (non-hydrogen) atoms. The molecule has 0 amide bonds. The van der Waals surface area contributed by atoms with Gasteiger partial charge in [0.2, 0.25) is 0 Å². The lowest BCUT2D eigenvalue weighted by Gasteiger charge is -2.39. The number of hydrogen-bond acceptors (Lipinski definition) is 16. The first-order valence-electron chi connectivity index (χ1n) is 10.2. The third kappa shape index (κ3) is 6.75. The Morgan fingerprint density at radius 3 is 2.47 bits per heavy atom. The van der Waals surface area contributed by atoms with Crippen LogP contribution in [0.5, 0.6) is 5.88 Å². The summed E-state index contributed by atoms with van der Waals surface area (Å²) in [5.74, 6) is -0.751. The molecule has 2 aliphatic rings. The summed E-state index contributed by atoms with van der Waals surface area (Å²) < 4.78 is 48.2. The molecule has 3 heterocycles. The molecule has 2 saturated heterocycles. The standard InChI is InChI=1S/C16H26N2O16P2/c1-6-3-18(16(25)17-14(6)24)10-2-7(20)9(31-10)5-30-35(26,27)34-36(28,29)33-15-13(23)12(22)11(21)8(4-19)32-15/h3,7-13,15,19-23H,2,4-5H2,1H3,(H,26,27)(H,28,29)(H,17,24,25)/p-2/t7-,8+,9+,10+,11+,12-,13+,15+/m0/s1. The van der Waals surface area contributed by atoms with E-state index in [0.717, 1.165) is 10.8 Å². The van der Waals surface area contributed by atoms with Gasteiger partial charge in [0.25, 0.3) is 7.82 Å². The Morgan fingerprint density at radius 1 is 1.17 bits per heavy atom. The normalized spacial score (nSPS) is 36.3. The average Bonchev–Trinajstić information content (AvgIpc) is 3.14. The number of aromatic nitrogens is 2. The van der Waals surface area contributed by atoms with Crippen LogP contribution in [0.4, 0.5) is 0 Å². The minimum atomic E-state index is -5.65. The van der Waals surface area contributed by atoms with E-state index in [4.69, 9.17) is 14.6 Å². The molecule has 3 rings (SSSR count). The first kappa shape index (κ1) is 29.2. The molecule has 10 atom stereocenters. The highest BCUT2D eigenvalue weighted by molar-refractivity contribution is 7.60. The first-order valence-corrected chi connectivity index (χ1v) is 13.2. The molecular formula is C16H24N2O16P2-2. The van der Waals surface area contributed by atoms with E-state index in [1.807, 2.05) is 0 Å². The zero-order valence-electron chi connectivity index (χ0n) is 18.4. The highest BCUT2D eigenvalue weighted by Gasteiger charge is 2.47. The second-order valence-electron chi connectivity index (χ2n) is 7.95. The van der Waals surface area contributed by atoms with Gasteiger partial charge in [0.1, 0.15) is 36.7 Å². The summed E-state index contributed by atoms with van der Waals surface area (Å²) in [7, 11) is -11.2. The number of nitrogens with zero attached hydrogens (tertiary/aromatic N) is 2. The van der Waals surface area contributed by atoms with Crippen LogP contribution < -0.4 is 15.7 Å². The minimum Gasteiger partial charge on any atom is -0.858 e. The molecule has 6 N–H and O–H groups in total. The van der Waals surface area contributed by atoms with Crippen LogP contribution >= 0.6 is 15.6 Å². The maximum Gasteiger partial charge on any atom is 0.481 e. The fraction of sp³-hybridized carbons (Fsp3) is 0.750. The van der Waals surface area contributed by atoms with Crippen molar-refractivity contribution in [2.24, 2.45) is 0 Å².